The van der Waals surface area contributed by atoms with Gasteiger partial charge in [0.1, 0.15) is 12.4 Å². The molecule has 0 saturated carbocycles. The monoisotopic (exact) mass is 404 g/mol. The Balaban J connectivity index is 1.75. The van der Waals surface area contributed by atoms with Crippen LogP contribution < -0.4 is 15.6 Å². The third-order valence-corrected chi connectivity index (χ3v) is 4.46. The minimum absolute atomic E-state index is 0.165. The van der Waals surface area contributed by atoms with Crippen LogP contribution >= 0.6 is 0 Å². The number of ether oxygens (including phenoxy) is 1. The molecule has 1 amide bonds. The lowest BCUT2D eigenvalue weighted by Gasteiger charge is -2.18. The number of nitrogens with one attached hydrogen (secondary N) is 1. The van der Waals surface area contributed by atoms with Crippen LogP contribution in [0.1, 0.15) is 22.8 Å². The Morgan fingerprint density at radius 1 is 1.14 bits per heavy atom. The minimum Gasteiger partial charge on any atom is -0.491 e. The molecule has 8 heteroatoms. The number of fused-ring (bicyclic) bond motifs is 1. The fraction of sp³-hybridized carbons (Fsp3) is 0.238. The maximum Gasteiger partial charge on any atom is 0.419 e. The number of carbonyl (C=O) groups excluding carboxylic acids is 1. The van der Waals surface area contributed by atoms with Crippen molar-refractivity contribution in [2.45, 2.75) is 19.1 Å². The van der Waals surface area contributed by atoms with Gasteiger partial charge in [-0.1, -0.05) is 30.3 Å². The van der Waals surface area contributed by atoms with E-state index in [9.17, 15) is 22.8 Å². The van der Waals surface area contributed by atoms with Crippen molar-refractivity contribution in [2.75, 3.05) is 6.61 Å². The van der Waals surface area contributed by atoms with Crippen LogP contribution in [0.15, 0.2) is 59.4 Å². The predicted octanol–water partition coefficient (Wildman–Crippen LogP) is 3.75. The van der Waals surface area contributed by atoms with Gasteiger partial charge in [0, 0.05) is 18.5 Å². The molecule has 0 spiro atoms. The molecule has 1 N–H and O–H groups in total. The summed E-state index contributed by atoms with van der Waals surface area (Å²) in [5, 5.41) is 3.27. The van der Waals surface area contributed by atoms with E-state index in [2.05, 4.69) is 5.32 Å². The van der Waals surface area contributed by atoms with Crippen molar-refractivity contribution in [2.24, 2.45) is 7.05 Å². The van der Waals surface area contributed by atoms with Crippen molar-refractivity contribution in [3.05, 3.63) is 76.1 Å². The lowest BCUT2D eigenvalue weighted by Crippen LogP contribution is -2.37. The summed E-state index contributed by atoms with van der Waals surface area (Å²) in [6.07, 6.45) is -4.54. The number of carbonyl (C=O) groups is 1. The van der Waals surface area contributed by atoms with Crippen LogP contribution in [0.4, 0.5) is 13.2 Å². The summed E-state index contributed by atoms with van der Waals surface area (Å²) in [4.78, 5) is 24.8. The SMILES string of the molecule is CC(COc1ccccc1C(F)(F)F)NC(=O)c1cc(=O)n(C)c2ccccc12. The van der Waals surface area contributed by atoms with Crippen molar-refractivity contribution in [3.63, 3.8) is 0 Å². The number of halogens is 3. The van der Waals surface area contributed by atoms with Crippen LogP contribution in [0, 0.1) is 0 Å². The number of rotatable bonds is 5. The maximum atomic E-state index is 13.0. The molecule has 0 aliphatic rings. The number of amides is 1. The van der Waals surface area contributed by atoms with Gasteiger partial charge in [-0.05, 0) is 25.1 Å². The Labute approximate surface area is 164 Å². The number of nitrogens with zero attached hydrogens (tertiary/aromatic N) is 1. The molecule has 0 aliphatic carbocycles. The van der Waals surface area contributed by atoms with Crippen molar-refractivity contribution >= 4 is 16.8 Å². The third-order valence-electron chi connectivity index (χ3n) is 4.46. The van der Waals surface area contributed by atoms with E-state index in [1.165, 1.54) is 28.8 Å². The number of aryl methyl sites for hydroxylation is 1. The van der Waals surface area contributed by atoms with E-state index >= 15 is 0 Å². The molecule has 1 heterocycles. The first-order valence-corrected chi connectivity index (χ1v) is 8.87. The Kier molecular flexibility index (Phi) is 5.63. The van der Waals surface area contributed by atoms with E-state index in [1.807, 2.05) is 0 Å². The highest BCUT2D eigenvalue weighted by molar-refractivity contribution is 6.06. The number of hydrogen-bond acceptors (Lipinski definition) is 3. The van der Waals surface area contributed by atoms with Crippen LogP contribution in [0.2, 0.25) is 0 Å². The molecule has 5 nitrogen and oxygen atoms in total. The molecule has 3 aromatic rings. The number of pyridine rings is 1. The maximum absolute atomic E-state index is 13.0. The topological polar surface area (TPSA) is 60.3 Å². The van der Waals surface area contributed by atoms with E-state index in [0.29, 0.717) is 10.9 Å². The lowest BCUT2D eigenvalue weighted by atomic mass is 10.1. The first-order chi connectivity index (χ1) is 13.7. The zero-order chi connectivity index (χ0) is 21.2. The Bertz CT molecular complexity index is 1110. The van der Waals surface area contributed by atoms with Gasteiger partial charge in [-0.15, -0.1) is 0 Å². The third kappa shape index (κ3) is 4.42. The van der Waals surface area contributed by atoms with E-state index < -0.39 is 23.7 Å². The van der Waals surface area contributed by atoms with Gasteiger partial charge < -0.3 is 14.6 Å². The number of aromatic nitrogens is 1. The second kappa shape index (κ2) is 7.98. The van der Waals surface area contributed by atoms with Gasteiger partial charge in [0.05, 0.1) is 22.7 Å². The smallest absolute Gasteiger partial charge is 0.419 e. The van der Waals surface area contributed by atoms with E-state index in [4.69, 9.17) is 4.74 Å². The quantitative estimate of drug-likeness (QED) is 0.705. The van der Waals surface area contributed by atoms with Crippen LogP contribution in [0.25, 0.3) is 10.9 Å². The molecular formula is C21H19F3N2O3. The van der Waals surface area contributed by atoms with E-state index in [1.54, 1.807) is 38.2 Å². The average molecular weight is 404 g/mol. The summed E-state index contributed by atoms with van der Waals surface area (Å²) in [6.45, 7) is 1.44. The molecule has 0 saturated heterocycles. The number of hydrogen-bond donors (Lipinski definition) is 1. The normalized spacial score (nSPS) is 12.6. The highest BCUT2D eigenvalue weighted by Gasteiger charge is 2.34. The van der Waals surface area contributed by atoms with Gasteiger partial charge in [-0.25, -0.2) is 0 Å². The predicted molar refractivity (Wildman–Crippen MR) is 103 cm³/mol. The molecule has 0 aliphatic heterocycles. The Hall–Kier alpha value is -3.29. The summed E-state index contributed by atoms with van der Waals surface area (Å²) in [6, 6.07) is 12.5. The minimum atomic E-state index is -4.54. The van der Waals surface area contributed by atoms with Gasteiger partial charge >= 0.3 is 6.18 Å². The van der Waals surface area contributed by atoms with E-state index in [0.717, 1.165) is 6.07 Å². The highest BCUT2D eigenvalue weighted by Crippen LogP contribution is 2.35. The molecule has 0 bridgehead atoms. The molecule has 29 heavy (non-hydrogen) atoms. The molecular weight excluding hydrogens is 385 g/mol. The standard InChI is InChI=1S/C21H19F3N2O3/c1-13(12-29-18-10-6-4-8-16(18)21(22,23)24)25-20(28)15-11-19(27)26(2)17-9-5-3-7-14(15)17/h3-11,13H,12H2,1-2H3,(H,25,28). The molecule has 2 aromatic carbocycles. The summed E-state index contributed by atoms with van der Waals surface area (Å²) < 4.78 is 45.9. The molecule has 1 aromatic heterocycles. The Morgan fingerprint density at radius 2 is 1.79 bits per heavy atom. The molecule has 152 valence electrons. The first kappa shape index (κ1) is 20.4. The summed E-state index contributed by atoms with van der Waals surface area (Å²) >= 11 is 0. The molecule has 0 radical (unpaired) electrons. The van der Waals surface area contributed by atoms with Gasteiger partial charge in [0.25, 0.3) is 11.5 Å². The van der Waals surface area contributed by atoms with Crippen LogP contribution in [0.3, 0.4) is 0 Å². The zero-order valence-electron chi connectivity index (χ0n) is 15.8. The van der Waals surface area contributed by atoms with E-state index in [-0.39, 0.29) is 23.5 Å². The summed E-state index contributed by atoms with van der Waals surface area (Å²) in [7, 11) is 1.61. The average Bonchev–Trinajstić information content (AvgIpc) is 2.68. The second-order valence-electron chi connectivity index (χ2n) is 6.65. The van der Waals surface area contributed by atoms with Gasteiger partial charge in [-0.3, -0.25) is 9.59 Å². The van der Waals surface area contributed by atoms with Crippen LogP contribution in [0.5, 0.6) is 5.75 Å². The van der Waals surface area contributed by atoms with Crippen LogP contribution in [-0.2, 0) is 13.2 Å². The number of benzene rings is 2. The number of para-hydroxylation sites is 2. The summed E-state index contributed by atoms with van der Waals surface area (Å²) in [5.41, 5.74) is -0.410. The molecule has 0 fully saturated rings. The molecule has 3 rings (SSSR count). The first-order valence-electron chi connectivity index (χ1n) is 8.87. The van der Waals surface area contributed by atoms with Crippen molar-refractivity contribution in [1.82, 2.24) is 9.88 Å². The van der Waals surface area contributed by atoms with Gasteiger partial charge in [-0.2, -0.15) is 13.2 Å². The lowest BCUT2D eigenvalue weighted by molar-refractivity contribution is -0.139. The van der Waals surface area contributed by atoms with Gasteiger partial charge in [0.2, 0.25) is 0 Å². The largest absolute Gasteiger partial charge is 0.491 e. The van der Waals surface area contributed by atoms with Crippen LogP contribution in [-0.4, -0.2) is 23.1 Å². The van der Waals surface area contributed by atoms with Crippen molar-refractivity contribution in [3.8, 4) is 5.75 Å². The summed E-state index contributed by atoms with van der Waals surface area (Å²) in [5.74, 6) is -0.806. The fourth-order valence-corrected chi connectivity index (χ4v) is 2.98. The fourth-order valence-electron chi connectivity index (χ4n) is 2.98. The zero-order valence-corrected chi connectivity index (χ0v) is 15.8. The molecule has 1 unspecified atom stereocenters. The Morgan fingerprint density at radius 3 is 2.52 bits per heavy atom. The highest BCUT2D eigenvalue weighted by atomic mass is 19.4. The second-order valence-corrected chi connectivity index (χ2v) is 6.65. The van der Waals surface area contributed by atoms with Crippen molar-refractivity contribution < 1.29 is 22.7 Å². The van der Waals surface area contributed by atoms with Crippen molar-refractivity contribution in [1.29, 1.82) is 0 Å². The van der Waals surface area contributed by atoms with Gasteiger partial charge in [0.15, 0.2) is 0 Å². The molecule has 1 atom stereocenters. The number of alkyl halides is 3.